The van der Waals surface area contributed by atoms with E-state index in [2.05, 4.69) is 5.32 Å². The minimum absolute atomic E-state index is 0.0368. The van der Waals surface area contributed by atoms with Gasteiger partial charge >= 0.3 is 0 Å². The molecule has 3 rings (SSSR count). The molecule has 1 aliphatic rings. The Hall–Kier alpha value is -3.09. The van der Waals surface area contributed by atoms with E-state index < -0.39 is 11.7 Å². The number of nitrogens with zero attached hydrogens (tertiary/aromatic N) is 1. The lowest BCUT2D eigenvalue weighted by atomic mass is 10.0. The fourth-order valence-corrected chi connectivity index (χ4v) is 3.22. The third-order valence-corrected chi connectivity index (χ3v) is 4.80. The standard InChI is InChI=1S/C22H25FN2O4/c1-2-28-17-7-9-18(10-8-17)29-15-21(26)25-13-11-16(12-14-25)24-22(27)19-5-3-4-6-20(19)23/h3-10,16H,2,11-15H2,1H3,(H,24,27). The molecule has 0 atom stereocenters. The van der Waals surface area contributed by atoms with Crippen LogP contribution in [0.3, 0.4) is 0 Å². The molecule has 1 N–H and O–H groups in total. The van der Waals surface area contributed by atoms with Crippen LogP contribution in [0.5, 0.6) is 11.5 Å². The Morgan fingerprint density at radius 2 is 1.66 bits per heavy atom. The molecule has 29 heavy (non-hydrogen) atoms. The third kappa shape index (κ3) is 5.70. The Morgan fingerprint density at radius 1 is 1.03 bits per heavy atom. The molecule has 154 valence electrons. The minimum atomic E-state index is -0.538. The van der Waals surface area contributed by atoms with Crippen molar-refractivity contribution in [2.45, 2.75) is 25.8 Å². The van der Waals surface area contributed by atoms with Gasteiger partial charge in [0, 0.05) is 19.1 Å². The van der Waals surface area contributed by atoms with Gasteiger partial charge in [0.25, 0.3) is 11.8 Å². The number of likely N-dealkylation sites (tertiary alicyclic amines) is 1. The zero-order valence-corrected chi connectivity index (χ0v) is 16.4. The first-order valence-corrected chi connectivity index (χ1v) is 9.75. The highest BCUT2D eigenvalue weighted by Gasteiger charge is 2.25. The van der Waals surface area contributed by atoms with Crippen molar-refractivity contribution in [2.24, 2.45) is 0 Å². The van der Waals surface area contributed by atoms with Gasteiger partial charge in [0.05, 0.1) is 12.2 Å². The number of hydrogen-bond donors (Lipinski definition) is 1. The number of carbonyl (C=O) groups is 2. The minimum Gasteiger partial charge on any atom is -0.494 e. The number of piperidine rings is 1. The van der Waals surface area contributed by atoms with Crippen LogP contribution in [0.15, 0.2) is 48.5 Å². The fraction of sp³-hybridized carbons (Fsp3) is 0.364. The highest BCUT2D eigenvalue weighted by molar-refractivity contribution is 5.94. The molecule has 2 amide bonds. The molecule has 0 aromatic heterocycles. The van der Waals surface area contributed by atoms with Crippen LogP contribution in [0.2, 0.25) is 0 Å². The molecule has 6 nitrogen and oxygen atoms in total. The van der Waals surface area contributed by atoms with Crippen molar-refractivity contribution in [3.05, 3.63) is 59.9 Å². The van der Waals surface area contributed by atoms with Crippen LogP contribution in [0.1, 0.15) is 30.1 Å². The highest BCUT2D eigenvalue weighted by Crippen LogP contribution is 2.18. The summed E-state index contributed by atoms with van der Waals surface area (Å²) >= 11 is 0. The molecule has 1 fully saturated rings. The Balaban J connectivity index is 1.42. The van der Waals surface area contributed by atoms with Crippen molar-refractivity contribution in [1.82, 2.24) is 10.2 Å². The predicted octanol–water partition coefficient (Wildman–Crippen LogP) is 3.02. The number of rotatable bonds is 7. The maximum Gasteiger partial charge on any atom is 0.260 e. The SMILES string of the molecule is CCOc1ccc(OCC(=O)N2CCC(NC(=O)c3ccccc3F)CC2)cc1. The second-order valence-corrected chi connectivity index (χ2v) is 6.80. The first-order valence-electron chi connectivity index (χ1n) is 9.75. The molecule has 0 bridgehead atoms. The van der Waals surface area contributed by atoms with Gasteiger partial charge < -0.3 is 19.7 Å². The van der Waals surface area contributed by atoms with Gasteiger partial charge in [-0.15, -0.1) is 0 Å². The highest BCUT2D eigenvalue weighted by atomic mass is 19.1. The molecule has 1 saturated heterocycles. The maximum absolute atomic E-state index is 13.7. The number of amides is 2. The summed E-state index contributed by atoms with van der Waals surface area (Å²) < 4.78 is 24.6. The average Bonchev–Trinajstić information content (AvgIpc) is 2.74. The molecule has 2 aromatic rings. The fourth-order valence-electron chi connectivity index (χ4n) is 3.22. The van der Waals surface area contributed by atoms with Gasteiger partial charge in [-0.2, -0.15) is 0 Å². The maximum atomic E-state index is 13.7. The Bertz CT molecular complexity index is 833. The van der Waals surface area contributed by atoms with E-state index in [-0.39, 0.29) is 24.1 Å². The number of carbonyl (C=O) groups excluding carboxylic acids is 2. The van der Waals surface area contributed by atoms with E-state index in [1.165, 1.54) is 12.1 Å². The number of halogens is 1. The Morgan fingerprint density at radius 3 is 2.28 bits per heavy atom. The zero-order valence-electron chi connectivity index (χ0n) is 16.4. The molecule has 0 saturated carbocycles. The molecule has 0 aliphatic carbocycles. The van der Waals surface area contributed by atoms with Crippen LogP contribution in [-0.4, -0.2) is 49.1 Å². The summed E-state index contributed by atoms with van der Waals surface area (Å²) in [4.78, 5) is 26.3. The van der Waals surface area contributed by atoms with Crippen molar-refractivity contribution >= 4 is 11.8 Å². The molecule has 0 unspecified atom stereocenters. The van der Waals surface area contributed by atoms with Crippen LogP contribution in [0.25, 0.3) is 0 Å². The van der Waals surface area contributed by atoms with E-state index in [1.807, 2.05) is 6.92 Å². The van der Waals surface area contributed by atoms with Crippen LogP contribution in [0, 0.1) is 5.82 Å². The van der Waals surface area contributed by atoms with Crippen molar-refractivity contribution in [3.8, 4) is 11.5 Å². The summed E-state index contributed by atoms with van der Waals surface area (Å²) in [6.45, 7) is 3.51. The summed E-state index contributed by atoms with van der Waals surface area (Å²) in [6, 6.07) is 12.9. The van der Waals surface area contributed by atoms with Gasteiger partial charge in [-0.1, -0.05) is 12.1 Å². The largest absolute Gasteiger partial charge is 0.494 e. The lowest BCUT2D eigenvalue weighted by Gasteiger charge is -2.32. The third-order valence-electron chi connectivity index (χ3n) is 4.80. The van der Waals surface area contributed by atoms with Crippen molar-refractivity contribution in [2.75, 3.05) is 26.3 Å². The lowest BCUT2D eigenvalue weighted by molar-refractivity contribution is -0.134. The average molecular weight is 400 g/mol. The van der Waals surface area contributed by atoms with E-state index in [4.69, 9.17) is 9.47 Å². The lowest BCUT2D eigenvalue weighted by Crippen LogP contribution is -2.47. The predicted molar refractivity (Wildman–Crippen MR) is 107 cm³/mol. The van der Waals surface area contributed by atoms with Crippen LogP contribution in [0.4, 0.5) is 4.39 Å². The first kappa shape index (κ1) is 20.6. The van der Waals surface area contributed by atoms with Crippen molar-refractivity contribution < 1.29 is 23.5 Å². The quantitative estimate of drug-likeness (QED) is 0.776. The number of ether oxygens (including phenoxy) is 2. The number of nitrogens with one attached hydrogen (secondary N) is 1. The van der Waals surface area contributed by atoms with E-state index in [1.54, 1.807) is 41.3 Å². The smallest absolute Gasteiger partial charge is 0.260 e. The van der Waals surface area contributed by atoms with E-state index in [0.29, 0.717) is 38.3 Å². The van der Waals surface area contributed by atoms with Gasteiger partial charge in [-0.25, -0.2) is 4.39 Å². The molecule has 0 radical (unpaired) electrons. The second kappa shape index (κ2) is 9.91. The monoisotopic (exact) mass is 400 g/mol. The van der Waals surface area contributed by atoms with Crippen LogP contribution in [-0.2, 0) is 4.79 Å². The second-order valence-electron chi connectivity index (χ2n) is 6.80. The molecule has 0 spiro atoms. The van der Waals surface area contributed by atoms with Gasteiger partial charge in [0.1, 0.15) is 17.3 Å². The Labute approximate surface area is 169 Å². The number of hydrogen-bond acceptors (Lipinski definition) is 4. The molecular weight excluding hydrogens is 375 g/mol. The van der Waals surface area contributed by atoms with Gasteiger partial charge in [-0.3, -0.25) is 9.59 Å². The van der Waals surface area contributed by atoms with E-state index in [9.17, 15) is 14.0 Å². The van der Waals surface area contributed by atoms with E-state index >= 15 is 0 Å². The molecule has 1 aliphatic heterocycles. The topological polar surface area (TPSA) is 67.9 Å². The van der Waals surface area contributed by atoms with Crippen LogP contribution >= 0.6 is 0 Å². The zero-order chi connectivity index (χ0) is 20.6. The summed E-state index contributed by atoms with van der Waals surface area (Å²) in [7, 11) is 0. The van der Waals surface area contributed by atoms with Crippen LogP contribution < -0.4 is 14.8 Å². The first-order chi connectivity index (χ1) is 14.1. The normalized spacial score (nSPS) is 14.3. The Kier molecular flexibility index (Phi) is 7.05. The molecule has 7 heteroatoms. The van der Waals surface area contributed by atoms with Gasteiger partial charge in [-0.05, 0) is 56.2 Å². The molecule has 2 aromatic carbocycles. The molecular formula is C22H25FN2O4. The summed E-state index contributed by atoms with van der Waals surface area (Å²) in [6.07, 6.45) is 1.24. The molecule has 1 heterocycles. The van der Waals surface area contributed by atoms with Crippen molar-refractivity contribution in [3.63, 3.8) is 0 Å². The van der Waals surface area contributed by atoms with E-state index in [0.717, 1.165) is 5.75 Å². The summed E-state index contributed by atoms with van der Waals surface area (Å²) in [5, 5.41) is 2.85. The summed E-state index contributed by atoms with van der Waals surface area (Å²) in [5.41, 5.74) is 0.0368. The van der Waals surface area contributed by atoms with Gasteiger partial charge in [0.2, 0.25) is 0 Å². The number of benzene rings is 2. The summed E-state index contributed by atoms with van der Waals surface area (Å²) in [5.74, 6) is 0.299. The van der Waals surface area contributed by atoms with Gasteiger partial charge in [0.15, 0.2) is 6.61 Å². The van der Waals surface area contributed by atoms with Crippen molar-refractivity contribution in [1.29, 1.82) is 0 Å².